The highest BCUT2D eigenvalue weighted by molar-refractivity contribution is 7.58. The van der Waals surface area contributed by atoms with E-state index in [0.717, 1.165) is 30.1 Å². The Hall–Kier alpha value is -1.08. The molecule has 0 heterocycles. The summed E-state index contributed by atoms with van der Waals surface area (Å²) in [5.74, 6) is 1.30. The van der Waals surface area contributed by atoms with Crippen LogP contribution in [0.3, 0.4) is 0 Å². The second-order valence-corrected chi connectivity index (χ2v) is 5.87. The summed E-state index contributed by atoms with van der Waals surface area (Å²) in [4.78, 5) is 12.4. The number of unbranched alkanes of at least 4 members (excludes halogenated alkanes) is 1. The van der Waals surface area contributed by atoms with E-state index >= 15 is 0 Å². The molecule has 0 amide bonds. The van der Waals surface area contributed by atoms with Gasteiger partial charge in [-0.05, 0) is 52.2 Å². The largest absolute Gasteiger partial charge is 0.496 e. The topological polar surface area (TPSA) is 35.5 Å². The Morgan fingerprint density at radius 2 is 1.68 bits per heavy atom. The van der Waals surface area contributed by atoms with E-state index < -0.39 is 0 Å². The van der Waals surface area contributed by atoms with Gasteiger partial charge in [0, 0.05) is 0 Å². The van der Waals surface area contributed by atoms with Gasteiger partial charge in [-0.3, -0.25) is 4.79 Å². The first-order valence-electron chi connectivity index (χ1n) is 6.57. The minimum Gasteiger partial charge on any atom is -0.496 e. The standard InChI is InChI=1S/C15H23O3P/c1-6-7-8-19-15(16)12-13(17-4)10(2)9-11(3)14(12)18-5/h9,19H,6-8H2,1-5H3. The van der Waals surface area contributed by atoms with Crippen LogP contribution in [0, 0.1) is 13.8 Å². The third kappa shape index (κ3) is 3.70. The van der Waals surface area contributed by atoms with E-state index in [1.165, 1.54) is 0 Å². The van der Waals surface area contributed by atoms with Gasteiger partial charge in [0.1, 0.15) is 17.1 Å². The molecule has 1 aromatic carbocycles. The van der Waals surface area contributed by atoms with E-state index in [0.29, 0.717) is 17.1 Å². The average Bonchev–Trinajstić information content (AvgIpc) is 2.38. The molecule has 0 spiro atoms. The predicted octanol–water partition coefficient (Wildman–Crippen LogP) is 3.94. The van der Waals surface area contributed by atoms with Crippen LogP contribution in [0.2, 0.25) is 0 Å². The predicted molar refractivity (Wildman–Crippen MR) is 81.4 cm³/mol. The quantitative estimate of drug-likeness (QED) is 0.561. The van der Waals surface area contributed by atoms with E-state index in [2.05, 4.69) is 6.92 Å². The second kappa shape index (κ2) is 7.49. The smallest absolute Gasteiger partial charge is 0.188 e. The lowest BCUT2D eigenvalue weighted by Crippen LogP contribution is -2.05. The number of carbonyl (C=O) groups is 1. The van der Waals surface area contributed by atoms with Crippen molar-refractivity contribution in [1.82, 2.24) is 0 Å². The molecule has 106 valence electrons. The molecule has 0 fully saturated rings. The van der Waals surface area contributed by atoms with Gasteiger partial charge in [0.2, 0.25) is 0 Å². The van der Waals surface area contributed by atoms with Gasteiger partial charge in [-0.2, -0.15) is 0 Å². The second-order valence-electron chi connectivity index (χ2n) is 4.56. The first-order valence-corrected chi connectivity index (χ1v) is 7.77. The van der Waals surface area contributed by atoms with Crippen molar-refractivity contribution in [3.8, 4) is 11.5 Å². The van der Waals surface area contributed by atoms with E-state index in [4.69, 9.17) is 9.47 Å². The molecule has 1 rings (SSSR count). The summed E-state index contributed by atoms with van der Waals surface area (Å²) in [6.45, 7) is 6.04. The summed E-state index contributed by atoms with van der Waals surface area (Å²) in [7, 11) is 3.48. The molecule has 0 N–H and O–H groups in total. The maximum atomic E-state index is 12.4. The van der Waals surface area contributed by atoms with Gasteiger partial charge < -0.3 is 9.47 Å². The Labute approximate surface area is 117 Å². The summed E-state index contributed by atoms with van der Waals surface area (Å²) < 4.78 is 10.8. The Balaban J connectivity index is 3.18. The monoisotopic (exact) mass is 282 g/mol. The molecule has 4 heteroatoms. The first kappa shape index (κ1) is 16.0. The van der Waals surface area contributed by atoms with Gasteiger partial charge in [-0.15, -0.1) is 0 Å². The van der Waals surface area contributed by atoms with E-state index in [9.17, 15) is 4.79 Å². The maximum Gasteiger partial charge on any atom is 0.188 e. The van der Waals surface area contributed by atoms with Crippen molar-refractivity contribution < 1.29 is 14.3 Å². The fourth-order valence-corrected chi connectivity index (χ4v) is 3.31. The molecular formula is C15H23O3P. The highest BCUT2D eigenvalue weighted by Gasteiger charge is 2.21. The lowest BCUT2D eigenvalue weighted by Gasteiger charge is -2.16. The number of ether oxygens (including phenoxy) is 2. The highest BCUT2D eigenvalue weighted by atomic mass is 31.1. The van der Waals surface area contributed by atoms with Crippen molar-refractivity contribution >= 4 is 14.1 Å². The van der Waals surface area contributed by atoms with Crippen molar-refractivity contribution in [2.45, 2.75) is 33.6 Å². The molecule has 0 saturated carbocycles. The number of rotatable bonds is 7. The van der Waals surface area contributed by atoms with Crippen molar-refractivity contribution in [3.63, 3.8) is 0 Å². The van der Waals surface area contributed by atoms with Gasteiger partial charge in [-0.25, -0.2) is 0 Å². The summed E-state index contributed by atoms with van der Waals surface area (Å²) in [5.41, 5.74) is 2.69. The molecule has 1 aromatic rings. The van der Waals surface area contributed by atoms with Crippen LogP contribution in [0.5, 0.6) is 11.5 Å². The zero-order chi connectivity index (χ0) is 14.4. The van der Waals surface area contributed by atoms with Gasteiger partial charge in [0.25, 0.3) is 0 Å². The number of hydrogen-bond donors (Lipinski definition) is 0. The average molecular weight is 282 g/mol. The molecule has 0 aliphatic carbocycles. The number of carbonyl (C=O) groups excluding carboxylic acids is 1. The summed E-state index contributed by atoms with van der Waals surface area (Å²) >= 11 is 0. The Kier molecular flexibility index (Phi) is 6.30. The molecule has 3 nitrogen and oxygen atoms in total. The Morgan fingerprint density at radius 3 is 2.11 bits per heavy atom. The Bertz CT molecular complexity index is 427. The van der Waals surface area contributed by atoms with Crippen molar-refractivity contribution in [3.05, 3.63) is 22.8 Å². The van der Waals surface area contributed by atoms with Gasteiger partial charge >= 0.3 is 0 Å². The van der Waals surface area contributed by atoms with Gasteiger partial charge in [0.05, 0.1) is 14.2 Å². The molecule has 0 saturated heterocycles. The third-order valence-electron chi connectivity index (χ3n) is 3.05. The van der Waals surface area contributed by atoms with E-state index in [1.807, 2.05) is 19.9 Å². The number of hydrogen-bond acceptors (Lipinski definition) is 3. The normalized spacial score (nSPS) is 11.0. The van der Waals surface area contributed by atoms with E-state index in [-0.39, 0.29) is 14.1 Å². The van der Waals surface area contributed by atoms with E-state index in [1.54, 1.807) is 14.2 Å². The Morgan fingerprint density at radius 1 is 1.16 bits per heavy atom. The SMILES string of the molecule is CCCCPC(=O)c1c(OC)c(C)cc(C)c1OC. The van der Waals surface area contributed by atoms with Crippen LogP contribution in [0.1, 0.15) is 41.3 Å². The summed E-state index contributed by atoms with van der Waals surface area (Å²) in [6, 6.07) is 1.99. The number of aryl methyl sites for hydroxylation is 2. The van der Waals surface area contributed by atoms with Crippen molar-refractivity contribution in [2.24, 2.45) is 0 Å². The molecule has 0 aromatic heterocycles. The fraction of sp³-hybridized carbons (Fsp3) is 0.533. The molecule has 19 heavy (non-hydrogen) atoms. The fourth-order valence-electron chi connectivity index (χ4n) is 2.15. The van der Waals surface area contributed by atoms with Crippen molar-refractivity contribution in [1.29, 1.82) is 0 Å². The highest BCUT2D eigenvalue weighted by Crippen LogP contribution is 2.39. The number of benzene rings is 1. The molecule has 1 atom stereocenters. The minimum atomic E-state index is 0.133. The molecular weight excluding hydrogens is 259 g/mol. The van der Waals surface area contributed by atoms with Crippen LogP contribution in [0.25, 0.3) is 0 Å². The first-order chi connectivity index (χ1) is 9.06. The van der Waals surface area contributed by atoms with Crippen LogP contribution in [0.15, 0.2) is 6.07 Å². The molecule has 0 bridgehead atoms. The van der Waals surface area contributed by atoms with Crippen LogP contribution in [-0.2, 0) is 0 Å². The van der Waals surface area contributed by atoms with Crippen LogP contribution in [-0.4, -0.2) is 25.9 Å². The van der Waals surface area contributed by atoms with Gasteiger partial charge in [0.15, 0.2) is 5.52 Å². The van der Waals surface area contributed by atoms with Crippen LogP contribution in [0.4, 0.5) is 0 Å². The zero-order valence-corrected chi connectivity index (χ0v) is 13.4. The molecule has 1 unspecified atom stereocenters. The van der Waals surface area contributed by atoms with Crippen LogP contribution < -0.4 is 9.47 Å². The lowest BCUT2D eigenvalue weighted by atomic mass is 10.0. The summed E-state index contributed by atoms with van der Waals surface area (Å²) in [5, 5.41) is 0. The maximum absolute atomic E-state index is 12.4. The lowest BCUT2D eigenvalue weighted by molar-refractivity contribution is 0.107. The molecule has 0 radical (unpaired) electrons. The minimum absolute atomic E-state index is 0.133. The van der Waals surface area contributed by atoms with Crippen LogP contribution >= 0.6 is 8.58 Å². The van der Waals surface area contributed by atoms with Gasteiger partial charge in [-0.1, -0.05) is 13.3 Å². The summed E-state index contributed by atoms with van der Waals surface area (Å²) in [6.07, 6.45) is 3.13. The molecule has 0 aliphatic heterocycles. The zero-order valence-electron chi connectivity index (χ0n) is 12.4. The third-order valence-corrected chi connectivity index (χ3v) is 4.23. The number of methoxy groups -OCH3 is 2. The molecule has 0 aliphatic rings. The van der Waals surface area contributed by atoms with Crippen molar-refractivity contribution in [2.75, 3.05) is 20.4 Å².